The zero-order valence-electron chi connectivity index (χ0n) is 13.0. The second kappa shape index (κ2) is 6.34. The van der Waals surface area contributed by atoms with Crippen molar-refractivity contribution in [2.75, 3.05) is 18.5 Å². The predicted molar refractivity (Wildman–Crippen MR) is 91.8 cm³/mol. The fourth-order valence-electron chi connectivity index (χ4n) is 3.02. The third-order valence-corrected chi connectivity index (χ3v) is 4.60. The molecule has 2 aliphatic rings. The van der Waals surface area contributed by atoms with Crippen molar-refractivity contribution in [2.24, 2.45) is 0 Å². The number of amides is 1. The molecule has 0 radical (unpaired) electrons. The first kappa shape index (κ1) is 15.3. The third-order valence-electron chi connectivity index (χ3n) is 4.29. The Morgan fingerprint density at radius 3 is 2.62 bits per heavy atom. The summed E-state index contributed by atoms with van der Waals surface area (Å²) in [6.07, 6.45) is 0.657. The number of nitrogens with one attached hydrogen (secondary N) is 2. The van der Waals surface area contributed by atoms with Crippen molar-refractivity contribution in [3.05, 3.63) is 52.5 Å². The highest BCUT2D eigenvalue weighted by Gasteiger charge is 2.25. The summed E-state index contributed by atoms with van der Waals surface area (Å²) in [6, 6.07) is 11.2. The zero-order chi connectivity index (χ0) is 16.5. The number of carbonyl (C=O) groups excluding carboxylic acids is 1. The molecular formula is C18H17ClN2O3. The monoisotopic (exact) mass is 344 g/mol. The molecule has 0 fully saturated rings. The van der Waals surface area contributed by atoms with E-state index < -0.39 is 0 Å². The zero-order valence-corrected chi connectivity index (χ0v) is 13.7. The molecule has 2 heterocycles. The van der Waals surface area contributed by atoms with Crippen LogP contribution in [0.1, 0.15) is 11.1 Å². The quantitative estimate of drug-likeness (QED) is 0.879. The fraction of sp³-hybridized carbons (Fsp3) is 0.278. The summed E-state index contributed by atoms with van der Waals surface area (Å²) < 4.78 is 11.0. The lowest BCUT2D eigenvalue weighted by Crippen LogP contribution is -2.44. The van der Waals surface area contributed by atoms with Crippen molar-refractivity contribution >= 4 is 23.2 Å². The van der Waals surface area contributed by atoms with Crippen LogP contribution in [0, 0.1) is 0 Å². The van der Waals surface area contributed by atoms with E-state index in [-0.39, 0.29) is 11.9 Å². The molecule has 2 aliphatic heterocycles. The number of anilines is 1. The highest BCUT2D eigenvalue weighted by molar-refractivity contribution is 6.34. The lowest BCUT2D eigenvalue weighted by Gasteiger charge is -2.26. The number of hydrogen-bond acceptors (Lipinski definition) is 4. The third kappa shape index (κ3) is 2.92. The Morgan fingerprint density at radius 1 is 1.12 bits per heavy atom. The van der Waals surface area contributed by atoms with Crippen LogP contribution >= 0.6 is 11.6 Å². The van der Waals surface area contributed by atoms with Crippen LogP contribution in [0.4, 0.5) is 5.69 Å². The van der Waals surface area contributed by atoms with E-state index in [0.29, 0.717) is 48.4 Å². The Balaban J connectivity index is 1.51. The molecule has 0 aliphatic carbocycles. The van der Waals surface area contributed by atoms with Gasteiger partial charge >= 0.3 is 0 Å². The Morgan fingerprint density at radius 2 is 1.83 bits per heavy atom. The summed E-state index contributed by atoms with van der Waals surface area (Å²) in [4.78, 5) is 12.6. The van der Waals surface area contributed by atoms with Gasteiger partial charge in [0.05, 0.1) is 16.8 Å². The Hall–Kier alpha value is -2.24. The van der Waals surface area contributed by atoms with E-state index >= 15 is 0 Å². The Labute approximate surface area is 144 Å². The van der Waals surface area contributed by atoms with Gasteiger partial charge < -0.3 is 20.1 Å². The molecule has 4 rings (SSSR count). The maximum Gasteiger partial charge on any atom is 0.241 e. The van der Waals surface area contributed by atoms with Crippen molar-refractivity contribution in [2.45, 2.75) is 19.0 Å². The van der Waals surface area contributed by atoms with Crippen LogP contribution in [-0.2, 0) is 17.8 Å². The highest BCUT2D eigenvalue weighted by Crippen LogP contribution is 2.38. The van der Waals surface area contributed by atoms with Crippen LogP contribution in [0.15, 0.2) is 36.4 Å². The maximum absolute atomic E-state index is 12.6. The molecule has 0 bridgehead atoms. The topological polar surface area (TPSA) is 59.6 Å². The first-order valence-electron chi connectivity index (χ1n) is 7.91. The van der Waals surface area contributed by atoms with Crippen molar-refractivity contribution in [1.82, 2.24) is 5.32 Å². The summed E-state index contributed by atoms with van der Waals surface area (Å²) in [7, 11) is 0. The molecule has 2 aromatic carbocycles. The van der Waals surface area contributed by atoms with Gasteiger partial charge in [0.1, 0.15) is 13.2 Å². The van der Waals surface area contributed by atoms with Crippen molar-refractivity contribution in [3.63, 3.8) is 0 Å². The smallest absolute Gasteiger partial charge is 0.241 e. The standard InChI is InChI=1S/C18H17ClN2O3/c19-13-8-16-17(24-6-5-23-16)9-14(13)21-18(22)15-7-11-3-1-2-4-12(11)10-20-15/h1-4,8-9,15,20H,5-7,10H2,(H,21,22). The van der Waals surface area contributed by atoms with Gasteiger partial charge in [0.25, 0.3) is 0 Å². The molecular weight excluding hydrogens is 328 g/mol. The molecule has 0 saturated heterocycles. The van der Waals surface area contributed by atoms with E-state index in [9.17, 15) is 4.79 Å². The van der Waals surface area contributed by atoms with Gasteiger partial charge in [-0.25, -0.2) is 0 Å². The van der Waals surface area contributed by atoms with E-state index in [0.717, 1.165) is 0 Å². The minimum atomic E-state index is -0.288. The lowest BCUT2D eigenvalue weighted by molar-refractivity contribution is -0.118. The number of carbonyl (C=O) groups is 1. The highest BCUT2D eigenvalue weighted by atomic mass is 35.5. The van der Waals surface area contributed by atoms with Crippen molar-refractivity contribution in [3.8, 4) is 11.5 Å². The van der Waals surface area contributed by atoms with Gasteiger partial charge in [-0.2, -0.15) is 0 Å². The van der Waals surface area contributed by atoms with Gasteiger partial charge in [-0.05, 0) is 17.5 Å². The van der Waals surface area contributed by atoms with Crippen molar-refractivity contribution < 1.29 is 14.3 Å². The normalized spacial score (nSPS) is 18.6. The summed E-state index contributed by atoms with van der Waals surface area (Å²) in [5, 5.41) is 6.59. The van der Waals surface area contributed by atoms with E-state index in [1.54, 1.807) is 12.1 Å². The SMILES string of the molecule is O=C(Nc1cc2c(cc1Cl)OCCO2)C1Cc2ccccc2CN1. The van der Waals surface area contributed by atoms with Gasteiger partial charge in [0.2, 0.25) is 5.91 Å². The number of hydrogen-bond donors (Lipinski definition) is 2. The molecule has 2 N–H and O–H groups in total. The molecule has 24 heavy (non-hydrogen) atoms. The second-order valence-electron chi connectivity index (χ2n) is 5.87. The van der Waals surface area contributed by atoms with Crippen LogP contribution in [-0.4, -0.2) is 25.2 Å². The lowest BCUT2D eigenvalue weighted by atomic mass is 9.95. The van der Waals surface area contributed by atoms with E-state index in [1.165, 1.54) is 11.1 Å². The summed E-state index contributed by atoms with van der Waals surface area (Å²) >= 11 is 6.25. The first-order valence-corrected chi connectivity index (χ1v) is 8.28. The molecule has 0 spiro atoms. The Kier molecular flexibility index (Phi) is 4.04. The second-order valence-corrected chi connectivity index (χ2v) is 6.28. The van der Waals surface area contributed by atoms with Crippen molar-refractivity contribution in [1.29, 1.82) is 0 Å². The number of benzene rings is 2. The van der Waals surface area contributed by atoms with Crippen LogP contribution in [0.5, 0.6) is 11.5 Å². The first-order chi connectivity index (χ1) is 11.7. The molecule has 5 nitrogen and oxygen atoms in total. The van der Waals surface area contributed by atoms with Gasteiger partial charge in [-0.3, -0.25) is 4.79 Å². The average Bonchev–Trinajstić information content (AvgIpc) is 2.62. The van der Waals surface area contributed by atoms with Gasteiger partial charge in [-0.15, -0.1) is 0 Å². The molecule has 0 saturated carbocycles. The number of ether oxygens (including phenoxy) is 2. The Bertz CT molecular complexity index is 794. The van der Waals surface area contributed by atoms with Gasteiger partial charge in [-0.1, -0.05) is 35.9 Å². The number of rotatable bonds is 2. The number of halogens is 1. The summed E-state index contributed by atoms with van der Waals surface area (Å²) in [5.41, 5.74) is 2.97. The maximum atomic E-state index is 12.6. The molecule has 0 aromatic heterocycles. The average molecular weight is 345 g/mol. The van der Waals surface area contributed by atoms with Crippen LogP contribution in [0.2, 0.25) is 5.02 Å². The summed E-state index contributed by atoms with van der Waals surface area (Å²) in [5.74, 6) is 1.10. The van der Waals surface area contributed by atoms with Gasteiger partial charge in [0.15, 0.2) is 11.5 Å². The van der Waals surface area contributed by atoms with Crippen LogP contribution < -0.4 is 20.1 Å². The molecule has 6 heteroatoms. The van der Waals surface area contributed by atoms with E-state index in [1.807, 2.05) is 12.1 Å². The largest absolute Gasteiger partial charge is 0.486 e. The molecule has 1 amide bonds. The molecule has 1 atom stereocenters. The number of fused-ring (bicyclic) bond motifs is 2. The summed E-state index contributed by atoms with van der Waals surface area (Å²) in [6.45, 7) is 1.67. The van der Waals surface area contributed by atoms with Crippen LogP contribution in [0.3, 0.4) is 0 Å². The van der Waals surface area contributed by atoms with Crippen LogP contribution in [0.25, 0.3) is 0 Å². The molecule has 124 valence electrons. The molecule has 2 aromatic rings. The minimum Gasteiger partial charge on any atom is -0.486 e. The predicted octanol–water partition coefficient (Wildman–Crippen LogP) is 2.76. The molecule has 1 unspecified atom stereocenters. The van der Waals surface area contributed by atoms with E-state index in [2.05, 4.69) is 22.8 Å². The van der Waals surface area contributed by atoms with E-state index in [4.69, 9.17) is 21.1 Å². The minimum absolute atomic E-state index is 0.108. The van der Waals surface area contributed by atoms with Gasteiger partial charge in [0, 0.05) is 18.7 Å². The fourth-order valence-corrected chi connectivity index (χ4v) is 3.22.